The second-order valence-corrected chi connectivity index (χ2v) is 11.3. The van der Waals surface area contributed by atoms with Crippen molar-refractivity contribution in [1.29, 1.82) is 0 Å². The first-order valence-electron chi connectivity index (χ1n) is 6.78. The van der Waals surface area contributed by atoms with Gasteiger partial charge in [0.25, 0.3) is 0 Å². The quantitative estimate of drug-likeness (QED) is 0.478. The van der Waals surface area contributed by atoms with Gasteiger partial charge in [-0.15, -0.1) is 6.42 Å². The van der Waals surface area contributed by atoms with Gasteiger partial charge in [-0.25, -0.2) is 9.97 Å². The summed E-state index contributed by atoms with van der Waals surface area (Å²) < 4.78 is 15.1. The lowest BCUT2D eigenvalue weighted by Crippen LogP contribution is -2.22. The lowest BCUT2D eigenvalue weighted by molar-refractivity contribution is 0.0899. The van der Waals surface area contributed by atoms with Crippen LogP contribution in [0.15, 0.2) is 18.6 Å². The molecule has 0 fully saturated rings. The van der Waals surface area contributed by atoms with Gasteiger partial charge in [-0.3, -0.25) is 0 Å². The first-order valence-corrected chi connectivity index (χ1v) is 9.99. The number of rotatable bonds is 5. The molecule has 0 amide bonds. The number of hydrogen-bond acceptors (Lipinski definition) is 3. The van der Waals surface area contributed by atoms with E-state index in [0.717, 1.165) is 18.0 Å². The van der Waals surface area contributed by atoms with Crippen LogP contribution in [0.4, 0.5) is 0 Å². The molecule has 0 aliphatic rings. The lowest BCUT2D eigenvalue weighted by atomic mass is 10.3. The molecule has 0 aliphatic heterocycles. The Kier molecular flexibility index (Phi) is 3.62. The summed E-state index contributed by atoms with van der Waals surface area (Å²) in [6.45, 7) is 8.13. The van der Waals surface area contributed by atoms with Crippen LogP contribution in [0.2, 0.25) is 25.7 Å². The summed E-state index contributed by atoms with van der Waals surface area (Å²) in [6.07, 6.45) is 7.21. The molecule has 0 radical (unpaired) electrons. The minimum Gasteiger partial charge on any atom is -0.361 e. The summed E-state index contributed by atoms with van der Waals surface area (Å²) in [5, 5.41) is 0.789. The molecule has 100 valence electrons. The van der Waals surface area contributed by atoms with Crippen molar-refractivity contribution in [3.63, 3.8) is 0 Å². The molecule has 2 aromatic heterocycles. The van der Waals surface area contributed by atoms with Crippen LogP contribution in [0.25, 0.3) is 11.0 Å². The fourth-order valence-electron chi connectivity index (χ4n) is 1.71. The summed E-state index contributed by atoms with van der Waals surface area (Å²) in [5.41, 5.74) is 1.12. The van der Waals surface area contributed by atoms with Crippen LogP contribution in [-0.2, 0) is 11.5 Å². The molecule has 0 bridgehead atoms. The van der Waals surface area contributed by atoms with Crippen molar-refractivity contribution in [2.75, 3.05) is 6.61 Å². The lowest BCUT2D eigenvalue weighted by Gasteiger charge is -2.15. The molecule has 0 spiro atoms. The minimum atomic E-state index is -1.07. The molecule has 2 aromatic rings. The third-order valence-corrected chi connectivity index (χ3v) is 4.57. The highest BCUT2D eigenvalue weighted by Gasteiger charge is 2.12. The largest absolute Gasteiger partial charge is 0.361 e. The Morgan fingerprint density at radius 1 is 1.47 bits per heavy atom. The summed E-state index contributed by atoms with van der Waals surface area (Å²) >= 11 is 0. The molecule has 0 saturated heterocycles. The average Bonchev–Trinajstić information content (AvgIpc) is 2.75. The summed E-state index contributed by atoms with van der Waals surface area (Å²) in [7, 11) is -1.07. The highest BCUT2D eigenvalue weighted by molar-refractivity contribution is 6.76. The number of aromatic nitrogens is 3. The molecule has 5 heteroatoms. The first-order chi connectivity index (χ1) is 9.40. The molecular formula is C14H19N3OSi. The van der Waals surface area contributed by atoms with Crippen LogP contribution in [-0.4, -0.2) is 29.2 Å². The molecule has 0 N–H and O–H groups in total. The Hall–Kier alpha value is -1.64. The number of nitrogens with zero attached hydrogens (tertiary/aromatic N) is 3. The van der Waals surface area contributed by atoms with E-state index in [4.69, 9.17) is 12.5 Å². The van der Waals surface area contributed by atoms with Crippen molar-refractivity contribution in [3.05, 3.63) is 24.3 Å². The third-order valence-electron chi connectivity index (χ3n) is 2.87. The fourth-order valence-corrected chi connectivity index (χ4v) is 2.47. The smallest absolute Gasteiger partial charge is 0.146 e. The zero-order valence-electron chi connectivity index (χ0n) is 12.6. The zero-order chi connectivity index (χ0) is 14.8. The van der Waals surface area contributed by atoms with Crippen molar-refractivity contribution in [3.8, 4) is 12.3 Å². The normalized spacial score (nSPS) is 12.4. The van der Waals surface area contributed by atoms with Crippen LogP contribution in [0.5, 0.6) is 0 Å². The van der Waals surface area contributed by atoms with Crippen LogP contribution in [0.3, 0.4) is 0 Å². The van der Waals surface area contributed by atoms with Crippen molar-refractivity contribution in [2.24, 2.45) is 0 Å². The van der Waals surface area contributed by atoms with Crippen LogP contribution in [0, 0.1) is 12.3 Å². The van der Waals surface area contributed by atoms with E-state index in [0.29, 0.717) is 18.1 Å². The minimum absolute atomic E-state index is 0.0625. The molecule has 0 aliphatic carbocycles. The molecule has 0 atom stereocenters. The highest BCUT2D eigenvalue weighted by atomic mass is 28.3. The van der Waals surface area contributed by atoms with Crippen molar-refractivity contribution >= 4 is 19.1 Å². The van der Waals surface area contributed by atoms with Gasteiger partial charge < -0.3 is 9.30 Å². The van der Waals surface area contributed by atoms with Crippen molar-refractivity contribution in [2.45, 2.75) is 32.4 Å². The number of ether oxygens (including phenoxy) is 1. The van der Waals surface area contributed by atoms with Crippen LogP contribution >= 0.6 is 0 Å². The van der Waals surface area contributed by atoms with Gasteiger partial charge in [0.2, 0.25) is 0 Å². The summed E-state index contributed by atoms with van der Waals surface area (Å²) in [5.74, 6) is 2.49. The first kappa shape index (κ1) is 12.4. The SMILES string of the molecule is [2H]c1nc(C#C)c2ccn(COCC[Si](C)(C)C)c2n1. The van der Waals surface area contributed by atoms with E-state index in [-0.39, 0.29) is 6.30 Å². The Morgan fingerprint density at radius 2 is 2.26 bits per heavy atom. The maximum Gasteiger partial charge on any atom is 0.146 e. The van der Waals surface area contributed by atoms with E-state index >= 15 is 0 Å². The molecule has 0 unspecified atom stereocenters. The van der Waals surface area contributed by atoms with Gasteiger partial charge >= 0.3 is 0 Å². The van der Waals surface area contributed by atoms with Gasteiger partial charge in [-0.1, -0.05) is 19.6 Å². The predicted molar refractivity (Wildman–Crippen MR) is 79.6 cm³/mol. The van der Waals surface area contributed by atoms with E-state index in [1.165, 1.54) is 0 Å². The molecule has 4 nitrogen and oxygen atoms in total. The summed E-state index contributed by atoms with van der Waals surface area (Å²) in [4.78, 5) is 8.06. The van der Waals surface area contributed by atoms with E-state index in [1.807, 2.05) is 16.8 Å². The molecule has 0 saturated carbocycles. The molecule has 0 aromatic carbocycles. The van der Waals surface area contributed by atoms with Gasteiger partial charge in [0, 0.05) is 20.9 Å². The van der Waals surface area contributed by atoms with Gasteiger partial charge in [-0.05, 0) is 18.0 Å². The molecule has 19 heavy (non-hydrogen) atoms. The van der Waals surface area contributed by atoms with E-state index in [1.54, 1.807) is 0 Å². The maximum absolute atomic E-state index is 7.59. The van der Waals surface area contributed by atoms with Gasteiger partial charge in [0.05, 0.1) is 5.39 Å². The highest BCUT2D eigenvalue weighted by Crippen LogP contribution is 2.15. The van der Waals surface area contributed by atoms with Crippen molar-refractivity contribution < 1.29 is 6.11 Å². The Balaban J connectivity index is 2.12. The topological polar surface area (TPSA) is 39.9 Å². The van der Waals surface area contributed by atoms with E-state index < -0.39 is 8.07 Å². The molecule has 2 heterocycles. The van der Waals surface area contributed by atoms with Crippen LogP contribution < -0.4 is 0 Å². The molecule has 2 rings (SSSR count). The molecular weight excluding hydrogens is 254 g/mol. The number of fused-ring (bicyclic) bond motifs is 1. The van der Waals surface area contributed by atoms with Gasteiger partial charge in [0.15, 0.2) is 0 Å². The van der Waals surface area contributed by atoms with E-state index in [9.17, 15) is 0 Å². The second-order valence-electron chi connectivity index (χ2n) is 5.69. The van der Waals surface area contributed by atoms with Crippen LogP contribution in [0.1, 0.15) is 7.06 Å². The second kappa shape index (κ2) is 5.55. The predicted octanol–water partition coefficient (Wildman–Crippen LogP) is 2.72. The summed E-state index contributed by atoms with van der Waals surface area (Å²) in [6, 6.07) is 2.99. The Morgan fingerprint density at radius 3 is 2.95 bits per heavy atom. The zero-order valence-corrected chi connectivity index (χ0v) is 12.6. The Bertz CT molecular complexity index is 655. The van der Waals surface area contributed by atoms with Gasteiger partial charge in [0.1, 0.15) is 25.7 Å². The Labute approximate surface area is 116 Å². The standard InChI is InChI=1S/C14H19N3OSi/c1-5-13-12-6-7-17(14(12)16-10-15-13)11-18-8-9-19(2,3)4/h1,6-7,10H,8-9,11H2,2-4H3/i10D. The fraction of sp³-hybridized carbons (Fsp3) is 0.429. The maximum atomic E-state index is 7.59. The van der Waals surface area contributed by atoms with Gasteiger partial charge in [-0.2, -0.15) is 0 Å². The van der Waals surface area contributed by atoms with Crippen molar-refractivity contribution in [1.82, 2.24) is 14.5 Å². The monoisotopic (exact) mass is 274 g/mol. The average molecular weight is 274 g/mol. The third kappa shape index (κ3) is 3.43. The van der Waals surface area contributed by atoms with E-state index in [2.05, 4.69) is 35.5 Å². The number of terminal acetylenes is 1. The number of hydrogen-bond donors (Lipinski definition) is 0.